The molecule has 0 fully saturated rings. The Kier molecular flexibility index (Phi) is 3.39. The molecule has 5 nitrogen and oxygen atoms in total. The summed E-state index contributed by atoms with van der Waals surface area (Å²) in [5.41, 5.74) is 1.74. The van der Waals surface area contributed by atoms with Crippen LogP contribution < -0.4 is 0 Å². The maximum atomic E-state index is 11.3. The van der Waals surface area contributed by atoms with Gasteiger partial charge in [0.2, 0.25) is 0 Å². The Morgan fingerprint density at radius 2 is 2.24 bits per heavy atom. The molecule has 1 heterocycles. The summed E-state index contributed by atoms with van der Waals surface area (Å²) < 4.78 is 6.47. The molecular formula is C12H14N2O3. The third-order valence-corrected chi connectivity index (χ3v) is 2.59. The van der Waals surface area contributed by atoms with Gasteiger partial charge in [-0.25, -0.2) is 4.98 Å². The van der Waals surface area contributed by atoms with E-state index in [0.29, 0.717) is 12.4 Å². The van der Waals surface area contributed by atoms with Gasteiger partial charge in [-0.3, -0.25) is 4.79 Å². The monoisotopic (exact) mass is 234 g/mol. The lowest BCUT2D eigenvalue weighted by Gasteiger charge is -2.06. The highest BCUT2D eigenvalue weighted by Crippen LogP contribution is 2.16. The van der Waals surface area contributed by atoms with Gasteiger partial charge in [0.05, 0.1) is 24.8 Å². The van der Waals surface area contributed by atoms with Crippen molar-refractivity contribution in [3.8, 4) is 0 Å². The fourth-order valence-electron chi connectivity index (χ4n) is 1.81. The Balaban J connectivity index is 2.45. The first-order chi connectivity index (χ1) is 8.26. The molecule has 1 aromatic heterocycles. The lowest BCUT2D eigenvalue weighted by Crippen LogP contribution is -2.12. The number of ether oxygens (including phenoxy) is 1. The van der Waals surface area contributed by atoms with Crippen molar-refractivity contribution in [1.82, 2.24) is 9.55 Å². The highest BCUT2D eigenvalue weighted by Gasteiger charge is 2.13. The van der Waals surface area contributed by atoms with Crippen LogP contribution in [0, 0.1) is 0 Å². The van der Waals surface area contributed by atoms with Gasteiger partial charge >= 0.3 is 5.97 Å². The Morgan fingerprint density at radius 3 is 2.94 bits per heavy atom. The molecule has 2 aromatic rings. The third-order valence-electron chi connectivity index (χ3n) is 2.59. The minimum atomic E-state index is -0.334. The smallest absolute Gasteiger partial charge is 0.313 e. The fraction of sp³-hybridized carbons (Fsp3) is 0.333. The standard InChI is InChI=1S/C12H14N2O3/c1-17-12(16)8-11-13-9-4-2-3-5-10(9)14(11)6-7-15/h2-5,15H,6-8H2,1H3. The molecule has 0 aliphatic carbocycles. The first-order valence-electron chi connectivity index (χ1n) is 5.38. The number of aliphatic hydroxyl groups is 1. The molecule has 1 N–H and O–H groups in total. The van der Waals surface area contributed by atoms with E-state index in [1.54, 1.807) is 0 Å². The predicted molar refractivity (Wildman–Crippen MR) is 62.5 cm³/mol. The van der Waals surface area contributed by atoms with Crippen LogP contribution in [0.25, 0.3) is 11.0 Å². The second kappa shape index (κ2) is 4.97. The van der Waals surface area contributed by atoms with E-state index < -0.39 is 0 Å². The summed E-state index contributed by atoms with van der Waals surface area (Å²) in [6, 6.07) is 7.59. The van der Waals surface area contributed by atoms with E-state index in [1.807, 2.05) is 28.8 Å². The van der Waals surface area contributed by atoms with Crippen LogP contribution in [-0.2, 0) is 22.5 Å². The van der Waals surface area contributed by atoms with Crippen LogP contribution >= 0.6 is 0 Å². The van der Waals surface area contributed by atoms with Crippen LogP contribution in [0.15, 0.2) is 24.3 Å². The normalized spacial score (nSPS) is 10.7. The molecule has 0 spiro atoms. The van der Waals surface area contributed by atoms with Crippen LogP contribution in [0.5, 0.6) is 0 Å². The molecule has 0 aliphatic rings. The zero-order valence-electron chi connectivity index (χ0n) is 9.59. The summed E-state index contributed by atoms with van der Waals surface area (Å²) >= 11 is 0. The number of hydrogen-bond acceptors (Lipinski definition) is 4. The zero-order chi connectivity index (χ0) is 12.3. The van der Waals surface area contributed by atoms with Crippen LogP contribution in [0.1, 0.15) is 5.82 Å². The molecule has 0 bridgehead atoms. The van der Waals surface area contributed by atoms with E-state index in [9.17, 15) is 4.79 Å². The number of aromatic nitrogens is 2. The van der Waals surface area contributed by atoms with E-state index in [-0.39, 0.29) is 19.0 Å². The molecule has 2 rings (SSSR count). The van der Waals surface area contributed by atoms with Gasteiger partial charge in [-0.05, 0) is 12.1 Å². The molecule has 0 saturated heterocycles. The zero-order valence-corrected chi connectivity index (χ0v) is 9.59. The average molecular weight is 234 g/mol. The number of nitrogens with zero attached hydrogens (tertiary/aromatic N) is 2. The molecular weight excluding hydrogens is 220 g/mol. The SMILES string of the molecule is COC(=O)Cc1nc2ccccc2n1CCO. The third kappa shape index (κ3) is 2.29. The second-order valence-corrected chi connectivity index (χ2v) is 3.64. The maximum absolute atomic E-state index is 11.3. The first-order valence-corrected chi connectivity index (χ1v) is 5.38. The lowest BCUT2D eigenvalue weighted by atomic mass is 10.3. The molecule has 5 heteroatoms. The Labute approximate surface area is 98.6 Å². The molecule has 0 radical (unpaired) electrons. The van der Waals surface area contributed by atoms with Crippen LogP contribution in [0.4, 0.5) is 0 Å². The van der Waals surface area contributed by atoms with Crippen LogP contribution in [0.3, 0.4) is 0 Å². The van der Waals surface area contributed by atoms with Crippen molar-refractivity contribution in [3.63, 3.8) is 0 Å². The van der Waals surface area contributed by atoms with Gasteiger partial charge in [-0.15, -0.1) is 0 Å². The van der Waals surface area contributed by atoms with E-state index >= 15 is 0 Å². The number of hydrogen-bond donors (Lipinski definition) is 1. The molecule has 17 heavy (non-hydrogen) atoms. The van der Waals surface area contributed by atoms with E-state index in [2.05, 4.69) is 9.72 Å². The highest BCUT2D eigenvalue weighted by atomic mass is 16.5. The summed E-state index contributed by atoms with van der Waals surface area (Å²) in [7, 11) is 1.35. The quantitative estimate of drug-likeness (QED) is 0.793. The molecule has 0 atom stereocenters. The first kappa shape index (κ1) is 11.6. The van der Waals surface area contributed by atoms with Gasteiger partial charge in [0.15, 0.2) is 0 Å². The second-order valence-electron chi connectivity index (χ2n) is 3.64. The number of methoxy groups -OCH3 is 1. The molecule has 90 valence electrons. The number of carbonyl (C=O) groups is 1. The molecule has 0 saturated carbocycles. The number of aliphatic hydroxyl groups excluding tert-OH is 1. The van der Waals surface area contributed by atoms with E-state index in [1.165, 1.54) is 7.11 Å². The van der Waals surface area contributed by atoms with Crippen molar-refractivity contribution in [3.05, 3.63) is 30.1 Å². The van der Waals surface area contributed by atoms with Gasteiger partial charge in [0.25, 0.3) is 0 Å². The number of esters is 1. The lowest BCUT2D eigenvalue weighted by molar-refractivity contribution is -0.139. The van der Waals surface area contributed by atoms with Crippen LogP contribution in [0.2, 0.25) is 0 Å². The summed E-state index contributed by atoms with van der Waals surface area (Å²) in [6.07, 6.45) is 0.116. The van der Waals surface area contributed by atoms with Gasteiger partial charge < -0.3 is 14.4 Å². The summed E-state index contributed by atoms with van der Waals surface area (Å²) in [4.78, 5) is 15.6. The summed E-state index contributed by atoms with van der Waals surface area (Å²) in [5, 5.41) is 9.05. The Morgan fingerprint density at radius 1 is 1.47 bits per heavy atom. The number of carbonyl (C=O) groups excluding carboxylic acids is 1. The number of rotatable bonds is 4. The van der Waals surface area contributed by atoms with Gasteiger partial charge in [-0.2, -0.15) is 0 Å². The Bertz CT molecular complexity index is 534. The minimum absolute atomic E-state index is 0.00846. The van der Waals surface area contributed by atoms with Crippen molar-refractivity contribution < 1.29 is 14.6 Å². The van der Waals surface area contributed by atoms with Crippen molar-refractivity contribution in [1.29, 1.82) is 0 Å². The molecule has 0 aliphatic heterocycles. The van der Waals surface area contributed by atoms with Crippen molar-refractivity contribution in [2.24, 2.45) is 0 Å². The number of imidazole rings is 1. The average Bonchev–Trinajstić information content (AvgIpc) is 2.68. The summed E-state index contributed by atoms with van der Waals surface area (Å²) in [5.74, 6) is 0.284. The number of fused-ring (bicyclic) bond motifs is 1. The van der Waals surface area contributed by atoms with Crippen molar-refractivity contribution in [2.75, 3.05) is 13.7 Å². The highest BCUT2D eigenvalue weighted by molar-refractivity contribution is 5.78. The van der Waals surface area contributed by atoms with Crippen LogP contribution in [-0.4, -0.2) is 34.3 Å². The number of para-hydroxylation sites is 2. The van der Waals surface area contributed by atoms with E-state index in [4.69, 9.17) is 5.11 Å². The summed E-state index contributed by atoms with van der Waals surface area (Å²) in [6.45, 7) is 0.432. The van der Waals surface area contributed by atoms with E-state index in [0.717, 1.165) is 11.0 Å². The molecule has 0 amide bonds. The minimum Gasteiger partial charge on any atom is -0.469 e. The van der Waals surface area contributed by atoms with Crippen molar-refractivity contribution in [2.45, 2.75) is 13.0 Å². The Hall–Kier alpha value is -1.88. The van der Waals surface area contributed by atoms with Gasteiger partial charge in [0.1, 0.15) is 12.2 Å². The maximum Gasteiger partial charge on any atom is 0.313 e. The fourth-order valence-corrected chi connectivity index (χ4v) is 1.81. The van der Waals surface area contributed by atoms with Gasteiger partial charge in [-0.1, -0.05) is 12.1 Å². The van der Waals surface area contributed by atoms with Gasteiger partial charge in [0, 0.05) is 6.54 Å². The largest absolute Gasteiger partial charge is 0.469 e. The molecule has 0 unspecified atom stereocenters. The predicted octanol–water partition coefficient (Wildman–Crippen LogP) is 0.744. The topological polar surface area (TPSA) is 64.3 Å². The molecule has 1 aromatic carbocycles. The van der Waals surface area contributed by atoms with Crippen molar-refractivity contribution >= 4 is 17.0 Å². The number of benzene rings is 1.